The number of sulfone groups is 1. The van der Waals surface area contributed by atoms with E-state index >= 15 is 0 Å². The number of ether oxygens (including phenoxy) is 1. The Morgan fingerprint density at radius 3 is 2.62 bits per heavy atom. The third-order valence-corrected chi connectivity index (χ3v) is 5.16. The number of halogens is 1. The molecule has 128 valence electrons. The van der Waals surface area contributed by atoms with Crippen LogP contribution in [-0.4, -0.2) is 26.7 Å². The summed E-state index contributed by atoms with van der Waals surface area (Å²) in [6, 6.07) is 13.0. The largest absolute Gasteiger partial charge is 0.492 e. The van der Waals surface area contributed by atoms with Crippen molar-refractivity contribution in [1.29, 1.82) is 0 Å². The van der Waals surface area contributed by atoms with Gasteiger partial charge in [0.05, 0.1) is 22.9 Å². The molecule has 5 nitrogen and oxygen atoms in total. The van der Waals surface area contributed by atoms with E-state index in [0.29, 0.717) is 23.1 Å². The lowest BCUT2D eigenvalue weighted by Crippen LogP contribution is -2.18. The summed E-state index contributed by atoms with van der Waals surface area (Å²) in [6.07, 6.45) is -0.157. The summed E-state index contributed by atoms with van der Waals surface area (Å²) >= 11 is 5.81. The van der Waals surface area contributed by atoms with Crippen molar-refractivity contribution < 1.29 is 17.9 Å². The van der Waals surface area contributed by atoms with Crippen LogP contribution in [0.15, 0.2) is 53.4 Å². The summed E-state index contributed by atoms with van der Waals surface area (Å²) in [6.45, 7) is 2.31. The Balaban J connectivity index is 2.01. The van der Waals surface area contributed by atoms with E-state index in [9.17, 15) is 13.2 Å². The lowest BCUT2D eigenvalue weighted by atomic mass is 10.3. The normalized spacial score (nSPS) is 11.1. The van der Waals surface area contributed by atoms with Crippen LogP contribution < -0.4 is 10.1 Å². The predicted octanol–water partition coefficient (Wildman–Crippen LogP) is 3.54. The Morgan fingerprint density at radius 1 is 1.17 bits per heavy atom. The summed E-state index contributed by atoms with van der Waals surface area (Å²) < 4.78 is 29.9. The highest BCUT2D eigenvalue weighted by atomic mass is 35.5. The molecule has 0 unspecified atom stereocenters. The molecule has 0 aliphatic carbocycles. The molecule has 0 aliphatic heterocycles. The fourth-order valence-electron chi connectivity index (χ4n) is 2.07. The third-order valence-electron chi connectivity index (χ3n) is 3.21. The Morgan fingerprint density at radius 2 is 1.92 bits per heavy atom. The smallest absolute Gasteiger partial charge is 0.225 e. The van der Waals surface area contributed by atoms with Crippen LogP contribution >= 0.6 is 11.6 Å². The lowest BCUT2D eigenvalue weighted by molar-refractivity contribution is -0.115. The van der Waals surface area contributed by atoms with Crippen molar-refractivity contribution in [2.45, 2.75) is 18.2 Å². The van der Waals surface area contributed by atoms with Crippen LogP contribution in [0.3, 0.4) is 0 Å². The minimum absolute atomic E-state index is 0.109. The predicted molar refractivity (Wildman–Crippen MR) is 94.4 cm³/mol. The van der Waals surface area contributed by atoms with E-state index in [1.165, 1.54) is 12.1 Å². The van der Waals surface area contributed by atoms with Crippen LogP contribution in [0, 0.1) is 0 Å². The lowest BCUT2D eigenvalue weighted by Gasteiger charge is -2.11. The quantitative estimate of drug-likeness (QED) is 0.812. The molecular weight excluding hydrogens is 350 g/mol. The first-order valence-electron chi connectivity index (χ1n) is 7.42. The second-order valence-corrected chi connectivity index (χ2v) is 7.55. The average Bonchev–Trinajstić information content (AvgIpc) is 2.55. The molecule has 0 saturated carbocycles. The Kier molecular flexibility index (Phi) is 6.23. The summed E-state index contributed by atoms with van der Waals surface area (Å²) in [5, 5.41) is 3.02. The molecule has 0 fully saturated rings. The van der Waals surface area contributed by atoms with Crippen molar-refractivity contribution in [2.75, 3.05) is 17.7 Å². The highest BCUT2D eigenvalue weighted by Crippen LogP contribution is 2.24. The molecule has 1 N–H and O–H groups in total. The molecule has 1 amide bonds. The highest BCUT2D eigenvalue weighted by molar-refractivity contribution is 7.91. The Bertz CT molecular complexity index is 821. The van der Waals surface area contributed by atoms with Crippen LogP contribution in [0.25, 0.3) is 0 Å². The summed E-state index contributed by atoms with van der Waals surface area (Å²) in [5.74, 6) is -0.144. The standard InChI is InChI=1S/C17H18ClNO4S/c1-2-23-16-9-4-3-8-15(16)19-17(20)10-11-24(21,22)14-7-5-6-13(18)12-14/h3-9,12H,2,10-11H2,1H3,(H,19,20). The molecular formula is C17H18ClNO4S. The maximum absolute atomic E-state index is 12.2. The number of nitrogens with one attached hydrogen (secondary N) is 1. The van der Waals surface area contributed by atoms with E-state index in [-0.39, 0.29) is 17.1 Å². The van der Waals surface area contributed by atoms with E-state index in [2.05, 4.69) is 5.32 Å². The van der Waals surface area contributed by atoms with Gasteiger partial charge in [0.1, 0.15) is 5.75 Å². The van der Waals surface area contributed by atoms with Crippen molar-refractivity contribution in [2.24, 2.45) is 0 Å². The summed E-state index contributed by atoms with van der Waals surface area (Å²) in [4.78, 5) is 12.2. The molecule has 7 heteroatoms. The first-order chi connectivity index (χ1) is 11.4. The fraction of sp³-hybridized carbons (Fsp3) is 0.235. The molecule has 0 radical (unpaired) electrons. The van der Waals surface area contributed by atoms with E-state index in [0.717, 1.165) is 0 Å². The van der Waals surface area contributed by atoms with Gasteiger partial charge in [-0.1, -0.05) is 29.8 Å². The van der Waals surface area contributed by atoms with Gasteiger partial charge in [-0.2, -0.15) is 0 Å². The molecule has 0 spiro atoms. The number of hydrogen-bond acceptors (Lipinski definition) is 4. The molecule has 0 saturated heterocycles. The highest BCUT2D eigenvalue weighted by Gasteiger charge is 2.17. The van der Waals surface area contributed by atoms with Gasteiger partial charge in [0, 0.05) is 11.4 Å². The van der Waals surface area contributed by atoms with Crippen molar-refractivity contribution in [1.82, 2.24) is 0 Å². The van der Waals surface area contributed by atoms with Gasteiger partial charge in [0.15, 0.2) is 9.84 Å². The van der Waals surface area contributed by atoms with Crippen molar-refractivity contribution in [3.05, 3.63) is 53.6 Å². The van der Waals surface area contributed by atoms with Crippen LogP contribution in [-0.2, 0) is 14.6 Å². The topological polar surface area (TPSA) is 72.5 Å². The Labute approximate surface area is 146 Å². The van der Waals surface area contributed by atoms with Gasteiger partial charge in [0.25, 0.3) is 0 Å². The van der Waals surface area contributed by atoms with E-state index in [4.69, 9.17) is 16.3 Å². The van der Waals surface area contributed by atoms with Crippen LogP contribution in [0.1, 0.15) is 13.3 Å². The molecule has 0 atom stereocenters. The number of benzene rings is 2. The minimum Gasteiger partial charge on any atom is -0.492 e. The number of carbonyl (C=O) groups is 1. The third kappa shape index (κ3) is 4.97. The maximum atomic E-state index is 12.2. The molecule has 0 heterocycles. The van der Waals surface area contributed by atoms with Crippen LogP contribution in [0.4, 0.5) is 5.69 Å². The van der Waals surface area contributed by atoms with Gasteiger partial charge in [0.2, 0.25) is 5.91 Å². The number of carbonyl (C=O) groups excluding carboxylic acids is 1. The van der Waals surface area contributed by atoms with Gasteiger partial charge in [-0.15, -0.1) is 0 Å². The molecule has 2 rings (SSSR count). The zero-order chi connectivity index (χ0) is 17.6. The molecule has 2 aromatic rings. The van der Waals surface area contributed by atoms with Crippen LogP contribution in [0.5, 0.6) is 5.75 Å². The Hall–Kier alpha value is -2.05. The first kappa shape index (κ1) is 18.3. The van der Waals surface area contributed by atoms with Gasteiger partial charge in [-0.25, -0.2) is 8.42 Å². The summed E-state index contributed by atoms with van der Waals surface area (Å²) in [5.41, 5.74) is 0.518. The van der Waals surface area contributed by atoms with E-state index < -0.39 is 15.7 Å². The fourth-order valence-corrected chi connectivity index (χ4v) is 3.61. The van der Waals surface area contributed by atoms with E-state index in [1.54, 1.807) is 36.4 Å². The molecule has 2 aromatic carbocycles. The second-order valence-electron chi connectivity index (χ2n) is 5.00. The molecule has 24 heavy (non-hydrogen) atoms. The van der Waals surface area contributed by atoms with E-state index in [1.807, 2.05) is 6.92 Å². The second kappa shape index (κ2) is 8.17. The van der Waals surface area contributed by atoms with Gasteiger partial charge in [-0.3, -0.25) is 4.79 Å². The monoisotopic (exact) mass is 367 g/mol. The maximum Gasteiger partial charge on any atom is 0.225 e. The molecule has 0 aliphatic rings. The molecule has 0 bridgehead atoms. The number of para-hydroxylation sites is 2. The average molecular weight is 368 g/mol. The van der Waals surface area contributed by atoms with Crippen molar-refractivity contribution in [3.63, 3.8) is 0 Å². The minimum atomic E-state index is -3.57. The van der Waals surface area contributed by atoms with Gasteiger partial charge >= 0.3 is 0 Å². The zero-order valence-corrected chi connectivity index (χ0v) is 14.7. The molecule has 0 aromatic heterocycles. The number of anilines is 1. The SMILES string of the molecule is CCOc1ccccc1NC(=O)CCS(=O)(=O)c1cccc(Cl)c1. The van der Waals surface area contributed by atoms with Gasteiger partial charge in [-0.05, 0) is 37.3 Å². The number of hydrogen-bond donors (Lipinski definition) is 1. The van der Waals surface area contributed by atoms with Crippen molar-refractivity contribution >= 4 is 33.0 Å². The summed E-state index contributed by atoms with van der Waals surface area (Å²) in [7, 11) is -3.57. The number of amides is 1. The van der Waals surface area contributed by atoms with Gasteiger partial charge < -0.3 is 10.1 Å². The van der Waals surface area contributed by atoms with Crippen molar-refractivity contribution in [3.8, 4) is 5.75 Å². The zero-order valence-electron chi connectivity index (χ0n) is 13.2. The first-order valence-corrected chi connectivity index (χ1v) is 9.45. The number of rotatable bonds is 7. The van der Waals surface area contributed by atoms with Crippen LogP contribution in [0.2, 0.25) is 5.02 Å².